The Bertz CT molecular complexity index is 782. The molecular formula is C20H23N3O4. The summed E-state index contributed by atoms with van der Waals surface area (Å²) in [7, 11) is 0. The van der Waals surface area contributed by atoms with Gasteiger partial charge in [0.05, 0.1) is 12.5 Å². The number of likely N-dealkylation sites (tertiary alicyclic amines) is 1. The molecule has 1 saturated heterocycles. The Morgan fingerprint density at radius 2 is 2.04 bits per heavy atom. The van der Waals surface area contributed by atoms with E-state index in [4.69, 9.17) is 9.47 Å². The topological polar surface area (TPSA) is 81.6 Å². The van der Waals surface area contributed by atoms with Crippen LogP contribution in [0.1, 0.15) is 35.8 Å². The minimum Gasteiger partial charge on any atom is -0.473 e. The molecule has 1 atom stereocenters. The van der Waals surface area contributed by atoms with Gasteiger partial charge in [-0.05, 0) is 25.3 Å². The van der Waals surface area contributed by atoms with Gasteiger partial charge in [0.2, 0.25) is 5.88 Å². The molecule has 1 amide bonds. The molecule has 0 N–H and O–H groups in total. The largest absolute Gasteiger partial charge is 0.473 e. The zero-order valence-corrected chi connectivity index (χ0v) is 15.3. The van der Waals surface area contributed by atoms with Crippen molar-refractivity contribution in [1.29, 1.82) is 0 Å². The number of rotatable bonds is 6. The van der Waals surface area contributed by atoms with Crippen molar-refractivity contribution >= 4 is 11.9 Å². The van der Waals surface area contributed by atoms with E-state index in [0.717, 1.165) is 18.4 Å². The minimum atomic E-state index is -0.279. The number of nitrogens with zero attached hydrogens (tertiary/aromatic N) is 3. The van der Waals surface area contributed by atoms with E-state index < -0.39 is 0 Å². The number of hydrogen-bond acceptors (Lipinski definition) is 6. The van der Waals surface area contributed by atoms with E-state index >= 15 is 0 Å². The van der Waals surface area contributed by atoms with Crippen molar-refractivity contribution in [1.82, 2.24) is 14.9 Å². The summed E-state index contributed by atoms with van der Waals surface area (Å²) in [6.07, 6.45) is 2.82. The lowest BCUT2D eigenvalue weighted by atomic mass is 9.98. The van der Waals surface area contributed by atoms with Crippen molar-refractivity contribution < 1.29 is 19.1 Å². The van der Waals surface area contributed by atoms with Crippen molar-refractivity contribution in [3.63, 3.8) is 0 Å². The second kappa shape index (κ2) is 9.12. The van der Waals surface area contributed by atoms with Gasteiger partial charge in [-0.2, -0.15) is 0 Å². The van der Waals surface area contributed by atoms with Gasteiger partial charge in [0.25, 0.3) is 5.91 Å². The number of benzene rings is 1. The number of carbonyl (C=O) groups is 2. The van der Waals surface area contributed by atoms with Gasteiger partial charge in [-0.3, -0.25) is 9.59 Å². The highest BCUT2D eigenvalue weighted by Crippen LogP contribution is 2.20. The van der Waals surface area contributed by atoms with Crippen molar-refractivity contribution in [3.8, 4) is 5.88 Å². The number of amides is 1. The molecule has 27 heavy (non-hydrogen) atoms. The second-order valence-electron chi connectivity index (χ2n) is 6.36. The fourth-order valence-corrected chi connectivity index (χ4v) is 3.04. The maximum absolute atomic E-state index is 12.8. The molecule has 2 aromatic rings. The summed E-state index contributed by atoms with van der Waals surface area (Å²) >= 11 is 0. The third-order valence-electron chi connectivity index (χ3n) is 4.42. The van der Waals surface area contributed by atoms with Gasteiger partial charge >= 0.3 is 5.97 Å². The van der Waals surface area contributed by atoms with E-state index in [-0.39, 0.29) is 23.5 Å². The predicted octanol–water partition coefficient (Wildman–Crippen LogP) is 2.47. The van der Waals surface area contributed by atoms with E-state index in [0.29, 0.717) is 32.2 Å². The normalized spacial score (nSPS) is 16.6. The predicted molar refractivity (Wildman–Crippen MR) is 98.1 cm³/mol. The van der Waals surface area contributed by atoms with E-state index in [2.05, 4.69) is 9.97 Å². The van der Waals surface area contributed by atoms with Crippen LogP contribution in [0, 0.1) is 5.92 Å². The van der Waals surface area contributed by atoms with E-state index in [1.54, 1.807) is 17.9 Å². The van der Waals surface area contributed by atoms with Crippen LogP contribution in [0.25, 0.3) is 0 Å². The third kappa shape index (κ3) is 5.03. The van der Waals surface area contributed by atoms with Crippen LogP contribution in [-0.4, -0.2) is 46.4 Å². The third-order valence-corrected chi connectivity index (χ3v) is 4.42. The molecule has 0 spiro atoms. The summed E-state index contributed by atoms with van der Waals surface area (Å²) in [4.78, 5) is 34.5. The van der Waals surface area contributed by atoms with Crippen molar-refractivity contribution in [2.24, 2.45) is 5.92 Å². The molecule has 0 saturated carbocycles. The summed E-state index contributed by atoms with van der Waals surface area (Å²) in [5, 5.41) is 0. The van der Waals surface area contributed by atoms with Gasteiger partial charge in [-0.25, -0.2) is 9.97 Å². The van der Waals surface area contributed by atoms with Crippen LogP contribution in [0.5, 0.6) is 5.88 Å². The molecule has 1 aliphatic heterocycles. The van der Waals surface area contributed by atoms with Crippen molar-refractivity contribution in [2.45, 2.75) is 26.4 Å². The van der Waals surface area contributed by atoms with E-state index in [1.165, 1.54) is 6.33 Å². The van der Waals surface area contributed by atoms with Crippen molar-refractivity contribution in [3.05, 3.63) is 54.0 Å². The Labute approximate surface area is 158 Å². The Hall–Kier alpha value is -2.96. The highest BCUT2D eigenvalue weighted by Gasteiger charge is 2.30. The number of aromatic nitrogens is 2. The highest BCUT2D eigenvalue weighted by molar-refractivity contribution is 5.93. The maximum atomic E-state index is 12.8. The molecule has 1 aliphatic rings. The SMILES string of the molecule is CCOC(=O)C1CCCN(C(=O)c2cc(OCc3ccccc3)ncn2)C1. The fourth-order valence-electron chi connectivity index (χ4n) is 3.04. The summed E-state index contributed by atoms with van der Waals surface area (Å²) in [5.74, 6) is -0.407. The smallest absolute Gasteiger partial charge is 0.310 e. The lowest BCUT2D eigenvalue weighted by Crippen LogP contribution is -2.43. The number of ether oxygens (including phenoxy) is 2. The van der Waals surface area contributed by atoms with E-state index in [9.17, 15) is 9.59 Å². The summed E-state index contributed by atoms with van der Waals surface area (Å²) in [6, 6.07) is 11.3. The Morgan fingerprint density at radius 1 is 1.22 bits per heavy atom. The number of carbonyl (C=O) groups excluding carboxylic acids is 2. The Morgan fingerprint density at radius 3 is 2.81 bits per heavy atom. The van der Waals surface area contributed by atoms with Crippen LogP contribution in [0.4, 0.5) is 0 Å². The number of piperidine rings is 1. The standard InChI is InChI=1S/C20H23N3O4/c1-2-26-20(25)16-9-6-10-23(12-16)19(24)17-11-18(22-14-21-17)27-13-15-7-4-3-5-8-15/h3-5,7-8,11,14,16H,2,6,9-10,12-13H2,1H3. The Balaban J connectivity index is 1.63. The number of hydrogen-bond donors (Lipinski definition) is 0. The van der Waals surface area contributed by atoms with Crippen LogP contribution in [0.15, 0.2) is 42.7 Å². The molecule has 2 heterocycles. The molecule has 142 valence electrons. The van der Waals surface area contributed by atoms with Crippen LogP contribution in [0.2, 0.25) is 0 Å². The number of esters is 1. The first-order valence-electron chi connectivity index (χ1n) is 9.12. The molecule has 0 radical (unpaired) electrons. The first kappa shape index (κ1) is 18.8. The fraction of sp³-hybridized carbons (Fsp3) is 0.400. The lowest BCUT2D eigenvalue weighted by molar-refractivity contribution is -0.149. The van der Waals surface area contributed by atoms with Gasteiger partial charge in [-0.1, -0.05) is 30.3 Å². The monoisotopic (exact) mass is 369 g/mol. The molecule has 1 aromatic heterocycles. The zero-order chi connectivity index (χ0) is 19.1. The first-order valence-corrected chi connectivity index (χ1v) is 9.12. The van der Waals surface area contributed by atoms with Crippen LogP contribution < -0.4 is 4.74 Å². The molecule has 1 aromatic carbocycles. The average molecular weight is 369 g/mol. The van der Waals surface area contributed by atoms with Gasteiger partial charge < -0.3 is 14.4 Å². The van der Waals surface area contributed by atoms with Gasteiger partial charge in [-0.15, -0.1) is 0 Å². The summed E-state index contributed by atoms with van der Waals surface area (Å²) in [5.41, 5.74) is 1.27. The van der Waals surface area contributed by atoms with Gasteiger partial charge in [0.1, 0.15) is 18.6 Å². The van der Waals surface area contributed by atoms with Crippen LogP contribution >= 0.6 is 0 Å². The molecular weight excluding hydrogens is 346 g/mol. The molecule has 7 nitrogen and oxygen atoms in total. The van der Waals surface area contributed by atoms with Crippen LogP contribution in [0.3, 0.4) is 0 Å². The second-order valence-corrected chi connectivity index (χ2v) is 6.36. The molecule has 0 aliphatic carbocycles. The minimum absolute atomic E-state index is 0.226. The van der Waals surface area contributed by atoms with Crippen molar-refractivity contribution in [2.75, 3.05) is 19.7 Å². The maximum Gasteiger partial charge on any atom is 0.310 e. The lowest BCUT2D eigenvalue weighted by Gasteiger charge is -2.31. The van der Waals surface area contributed by atoms with Crippen LogP contribution in [-0.2, 0) is 16.1 Å². The molecule has 7 heteroatoms. The summed E-state index contributed by atoms with van der Waals surface area (Å²) in [6.45, 7) is 3.43. The average Bonchev–Trinajstić information content (AvgIpc) is 2.73. The van der Waals surface area contributed by atoms with Gasteiger partial charge in [0.15, 0.2) is 0 Å². The van der Waals surface area contributed by atoms with E-state index in [1.807, 2.05) is 30.3 Å². The first-order chi connectivity index (χ1) is 13.2. The Kier molecular flexibility index (Phi) is 6.35. The summed E-state index contributed by atoms with van der Waals surface area (Å²) < 4.78 is 10.8. The highest BCUT2D eigenvalue weighted by atomic mass is 16.5. The zero-order valence-electron chi connectivity index (χ0n) is 15.3. The molecule has 1 fully saturated rings. The van der Waals surface area contributed by atoms with Gasteiger partial charge in [0, 0.05) is 19.2 Å². The quantitative estimate of drug-likeness (QED) is 0.728. The molecule has 1 unspecified atom stereocenters. The molecule has 0 bridgehead atoms. The molecule has 3 rings (SSSR count).